The van der Waals surface area contributed by atoms with Crippen LogP contribution in [0.4, 0.5) is 0 Å². The van der Waals surface area contributed by atoms with Gasteiger partial charge in [-0.1, -0.05) is 26.0 Å². The highest BCUT2D eigenvalue weighted by Crippen LogP contribution is 2.19. The molecule has 1 aromatic carbocycles. The van der Waals surface area contributed by atoms with Gasteiger partial charge in [0.1, 0.15) is 6.54 Å². The molecule has 0 amide bonds. The first kappa shape index (κ1) is 15.7. The van der Waals surface area contributed by atoms with Gasteiger partial charge in [-0.3, -0.25) is 4.79 Å². The second-order valence-corrected chi connectivity index (χ2v) is 6.61. The third-order valence-corrected chi connectivity index (χ3v) is 4.65. The summed E-state index contributed by atoms with van der Waals surface area (Å²) >= 11 is 0. The van der Waals surface area contributed by atoms with Gasteiger partial charge in [-0.05, 0) is 23.6 Å². The fraction of sp³-hybridized carbons (Fsp3) is 0.462. The highest BCUT2D eigenvalue weighted by molar-refractivity contribution is 7.89. The number of sulfonamides is 1. The van der Waals surface area contributed by atoms with E-state index in [0.29, 0.717) is 5.92 Å². The van der Waals surface area contributed by atoms with Crippen molar-refractivity contribution in [2.24, 2.45) is 0 Å². The van der Waals surface area contributed by atoms with E-state index in [9.17, 15) is 13.2 Å². The molecule has 0 saturated carbocycles. The molecular formula is C13H19NO4S. The van der Waals surface area contributed by atoms with Crippen molar-refractivity contribution in [2.45, 2.75) is 24.7 Å². The summed E-state index contributed by atoms with van der Waals surface area (Å²) in [5.74, 6) is -0.255. The van der Waals surface area contributed by atoms with Crippen LogP contribution in [0.3, 0.4) is 0 Å². The minimum absolute atomic E-state index is 0.170. The van der Waals surface area contributed by atoms with E-state index in [1.54, 1.807) is 24.3 Å². The SMILES string of the molecule is COC(=O)CN(C)S(=O)(=O)c1ccc(C(C)C)cc1. The van der Waals surface area contributed by atoms with E-state index in [4.69, 9.17) is 0 Å². The molecule has 0 aromatic heterocycles. The Bertz CT molecular complexity index is 534. The molecule has 0 atom stereocenters. The molecule has 0 bridgehead atoms. The Kier molecular flexibility index (Phi) is 5.08. The molecule has 19 heavy (non-hydrogen) atoms. The molecule has 1 rings (SSSR count). The maximum atomic E-state index is 12.2. The van der Waals surface area contributed by atoms with E-state index in [2.05, 4.69) is 4.74 Å². The largest absolute Gasteiger partial charge is 0.468 e. The third kappa shape index (κ3) is 3.78. The number of carbonyl (C=O) groups excluding carboxylic acids is 1. The summed E-state index contributed by atoms with van der Waals surface area (Å²) in [5, 5.41) is 0. The van der Waals surface area contributed by atoms with Crippen molar-refractivity contribution in [3.63, 3.8) is 0 Å². The maximum Gasteiger partial charge on any atom is 0.321 e. The Morgan fingerprint density at radius 3 is 2.21 bits per heavy atom. The lowest BCUT2D eigenvalue weighted by molar-refractivity contribution is -0.140. The van der Waals surface area contributed by atoms with Gasteiger partial charge >= 0.3 is 5.97 Å². The van der Waals surface area contributed by atoms with E-state index < -0.39 is 16.0 Å². The smallest absolute Gasteiger partial charge is 0.321 e. The number of rotatable bonds is 5. The van der Waals surface area contributed by atoms with Crippen LogP contribution in [0.1, 0.15) is 25.3 Å². The molecule has 0 aliphatic heterocycles. The third-order valence-electron chi connectivity index (χ3n) is 2.83. The van der Waals surface area contributed by atoms with Gasteiger partial charge in [-0.2, -0.15) is 4.31 Å². The zero-order valence-electron chi connectivity index (χ0n) is 11.6. The Balaban J connectivity index is 2.96. The van der Waals surface area contributed by atoms with Crippen molar-refractivity contribution < 1.29 is 17.9 Å². The van der Waals surface area contributed by atoms with Crippen LogP contribution in [0.2, 0.25) is 0 Å². The van der Waals surface area contributed by atoms with Crippen molar-refractivity contribution in [2.75, 3.05) is 20.7 Å². The van der Waals surface area contributed by atoms with Gasteiger partial charge in [-0.15, -0.1) is 0 Å². The lowest BCUT2D eigenvalue weighted by Gasteiger charge is -2.16. The molecule has 0 radical (unpaired) electrons. The minimum Gasteiger partial charge on any atom is -0.468 e. The van der Waals surface area contributed by atoms with Gasteiger partial charge in [0.25, 0.3) is 0 Å². The zero-order valence-corrected chi connectivity index (χ0v) is 12.4. The van der Waals surface area contributed by atoms with Crippen LogP contribution < -0.4 is 0 Å². The normalized spacial score (nSPS) is 11.9. The second-order valence-electron chi connectivity index (χ2n) is 4.56. The minimum atomic E-state index is -3.65. The number of likely N-dealkylation sites (N-methyl/N-ethyl adjacent to an activating group) is 1. The monoisotopic (exact) mass is 285 g/mol. The summed E-state index contributed by atoms with van der Waals surface area (Å²) < 4.78 is 29.8. The van der Waals surface area contributed by atoms with E-state index in [1.807, 2.05) is 13.8 Å². The molecule has 0 unspecified atom stereocenters. The predicted octanol–water partition coefficient (Wildman–Crippen LogP) is 1.60. The lowest BCUT2D eigenvalue weighted by Crippen LogP contribution is -2.32. The van der Waals surface area contributed by atoms with E-state index in [1.165, 1.54) is 14.2 Å². The number of carbonyl (C=O) groups is 1. The topological polar surface area (TPSA) is 63.7 Å². The van der Waals surface area contributed by atoms with Crippen LogP contribution >= 0.6 is 0 Å². The van der Waals surface area contributed by atoms with Gasteiger partial charge in [0.05, 0.1) is 12.0 Å². The first-order chi connectivity index (χ1) is 8.78. The molecule has 0 spiro atoms. The number of ether oxygens (including phenoxy) is 1. The average molecular weight is 285 g/mol. The molecule has 0 aliphatic rings. The average Bonchev–Trinajstić information content (AvgIpc) is 2.38. The molecular weight excluding hydrogens is 266 g/mol. The number of benzene rings is 1. The molecule has 0 fully saturated rings. The number of nitrogens with zero attached hydrogens (tertiary/aromatic N) is 1. The number of esters is 1. The number of methoxy groups -OCH3 is 1. The van der Waals surface area contributed by atoms with Crippen molar-refractivity contribution in [3.8, 4) is 0 Å². The van der Waals surface area contributed by atoms with Crippen molar-refractivity contribution in [1.29, 1.82) is 0 Å². The fourth-order valence-corrected chi connectivity index (χ4v) is 2.65. The van der Waals surface area contributed by atoms with Crippen LogP contribution in [0.5, 0.6) is 0 Å². The number of hydrogen-bond acceptors (Lipinski definition) is 4. The Morgan fingerprint density at radius 2 is 1.79 bits per heavy atom. The first-order valence-electron chi connectivity index (χ1n) is 5.92. The summed E-state index contributed by atoms with van der Waals surface area (Å²) in [7, 11) is -1.08. The van der Waals surface area contributed by atoms with E-state index in [0.717, 1.165) is 9.87 Å². The molecule has 0 heterocycles. The molecule has 106 valence electrons. The highest BCUT2D eigenvalue weighted by atomic mass is 32.2. The van der Waals surface area contributed by atoms with Gasteiger partial charge in [0.2, 0.25) is 10.0 Å². The first-order valence-corrected chi connectivity index (χ1v) is 7.36. The van der Waals surface area contributed by atoms with Crippen LogP contribution in [0, 0.1) is 0 Å². The molecule has 5 nitrogen and oxygen atoms in total. The van der Waals surface area contributed by atoms with E-state index >= 15 is 0 Å². The summed E-state index contributed by atoms with van der Waals surface area (Å²) in [4.78, 5) is 11.3. The molecule has 0 aliphatic carbocycles. The highest BCUT2D eigenvalue weighted by Gasteiger charge is 2.23. The predicted molar refractivity (Wildman–Crippen MR) is 72.4 cm³/mol. The van der Waals surface area contributed by atoms with Crippen molar-refractivity contribution >= 4 is 16.0 Å². The fourth-order valence-electron chi connectivity index (χ4n) is 1.54. The van der Waals surface area contributed by atoms with Crippen LogP contribution in [0.15, 0.2) is 29.2 Å². The summed E-state index contributed by atoms with van der Waals surface area (Å²) in [6.07, 6.45) is 0. The van der Waals surface area contributed by atoms with Crippen LogP contribution in [-0.4, -0.2) is 39.4 Å². The van der Waals surface area contributed by atoms with Gasteiger partial charge < -0.3 is 4.74 Å². The summed E-state index contributed by atoms with van der Waals surface area (Å²) in [6.45, 7) is 3.77. The Morgan fingerprint density at radius 1 is 1.26 bits per heavy atom. The summed E-state index contributed by atoms with van der Waals surface area (Å²) in [5.41, 5.74) is 1.06. The second kappa shape index (κ2) is 6.16. The standard InChI is InChI=1S/C13H19NO4S/c1-10(2)11-5-7-12(8-6-11)19(16,17)14(3)9-13(15)18-4/h5-8,10H,9H2,1-4H3. The van der Waals surface area contributed by atoms with Crippen molar-refractivity contribution in [1.82, 2.24) is 4.31 Å². The van der Waals surface area contributed by atoms with Gasteiger partial charge in [0.15, 0.2) is 0 Å². The molecule has 1 aromatic rings. The lowest BCUT2D eigenvalue weighted by atomic mass is 10.0. The zero-order chi connectivity index (χ0) is 14.6. The Labute approximate surface area is 114 Å². The van der Waals surface area contributed by atoms with Crippen molar-refractivity contribution in [3.05, 3.63) is 29.8 Å². The summed E-state index contributed by atoms with van der Waals surface area (Å²) in [6, 6.07) is 6.67. The van der Waals surface area contributed by atoms with E-state index in [-0.39, 0.29) is 11.4 Å². The maximum absolute atomic E-state index is 12.2. The van der Waals surface area contributed by atoms with Crippen LogP contribution in [0.25, 0.3) is 0 Å². The van der Waals surface area contributed by atoms with Gasteiger partial charge in [0, 0.05) is 7.05 Å². The molecule has 6 heteroatoms. The Hall–Kier alpha value is -1.40. The van der Waals surface area contributed by atoms with Crippen LogP contribution in [-0.2, 0) is 19.6 Å². The number of hydrogen-bond donors (Lipinski definition) is 0. The van der Waals surface area contributed by atoms with Gasteiger partial charge in [-0.25, -0.2) is 8.42 Å². The molecule has 0 saturated heterocycles. The molecule has 0 N–H and O–H groups in total. The quantitative estimate of drug-likeness (QED) is 0.771.